The molecule has 1 atom stereocenters. The second-order valence-corrected chi connectivity index (χ2v) is 8.99. The van der Waals surface area contributed by atoms with Gasteiger partial charge in [0.15, 0.2) is 0 Å². The standard InChI is InChI=1S/C30H30N4O6/c1-20-26(29(36)38-3)28(24-6-4-5-13-32-24)27(21(2)33-20)30(37)40-17-16-39-25(35)12-11-22-7-9-23(10-8-22)18-34-15-14-31-19-34/h4-15,19,28,33H,16-18H2,1-3H3/b12-11+. The number of rotatable bonds is 10. The Bertz CT molecular complexity index is 1440. The predicted octanol–water partition coefficient (Wildman–Crippen LogP) is 3.53. The molecule has 1 N–H and O–H groups in total. The number of aromatic nitrogens is 3. The number of dihydropyridines is 1. The molecule has 0 saturated heterocycles. The first-order valence-corrected chi connectivity index (χ1v) is 12.6. The minimum absolute atomic E-state index is 0.133. The van der Waals surface area contributed by atoms with Gasteiger partial charge in [0.1, 0.15) is 13.2 Å². The first-order valence-electron chi connectivity index (χ1n) is 12.6. The van der Waals surface area contributed by atoms with Crippen LogP contribution in [-0.4, -0.2) is 52.8 Å². The maximum absolute atomic E-state index is 13.2. The molecule has 206 valence electrons. The van der Waals surface area contributed by atoms with Gasteiger partial charge >= 0.3 is 17.9 Å². The molecule has 0 aliphatic carbocycles. The minimum atomic E-state index is -0.779. The monoisotopic (exact) mass is 542 g/mol. The summed E-state index contributed by atoms with van der Waals surface area (Å²) in [5, 5.41) is 3.06. The van der Waals surface area contributed by atoms with Crippen molar-refractivity contribution in [3.63, 3.8) is 0 Å². The summed E-state index contributed by atoms with van der Waals surface area (Å²) in [5.41, 5.74) is 4.04. The van der Waals surface area contributed by atoms with Gasteiger partial charge in [0.05, 0.1) is 36.2 Å². The van der Waals surface area contributed by atoms with Crippen LogP contribution >= 0.6 is 0 Å². The summed E-state index contributed by atoms with van der Waals surface area (Å²) in [6.45, 7) is 3.87. The molecule has 0 bridgehead atoms. The lowest BCUT2D eigenvalue weighted by Crippen LogP contribution is -2.33. The second-order valence-electron chi connectivity index (χ2n) is 8.99. The van der Waals surface area contributed by atoms with E-state index >= 15 is 0 Å². The number of nitrogens with zero attached hydrogens (tertiary/aromatic N) is 3. The highest BCUT2D eigenvalue weighted by Gasteiger charge is 2.38. The molecule has 40 heavy (non-hydrogen) atoms. The second kappa shape index (κ2) is 13.2. The number of ether oxygens (including phenoxy) is 3. The van der Waals surface area contributed by atoms with E-state index in [-0.39, 0.29) is 24.4 Å². The van der Waals surface area contributed by atoms with Gasteiger partial charge in [-0.2, -0.15) is 0 Å². The summed E-state index contributed by atoms with van der Waals surface area (Å²) in [4.78, 5) is 46.3. The number of methoxy groups -OCH3 is 1. The summed E-state index contributed by atoms with van der Waals surface area (Å²) in [7, 11) is 1.28. The zero-order chi connectivity index (χ0) is 28.5. The van der Waals surface area contributed by atoms with Crippen molar-refractivity contribution in [3.05, 3.63) is 113 Å². The fraction of sp³-hybridized carbons (Fsp3) is 0.233. The molecule has 4 rings (SSSR count). The van der Waals surface area contributed by atoms with E-state index in [2.05, 4.69) is 15.3 Å². The van der Waals surface area contributed by atoms with Gasteiger partial charge in [-0.05, 0) is 43.2 Å². The normalized spacial score (nSPS) is 15.1. The average Bonchev–Trinajstić information content (AvgIpc) is 3.47. The first kappa shape index (κ1) is 28.0. The molecule has 0 radical (unpaired) electrons. The first-order chi connectivity index (χ1) is 19.4. The fourth-order valence-electron chi connectivity index (χ4n) is 4.38. The molecule has 1 unspecified atom stereocenters. The number of nitrogens with one attached hydrogen (secondary N) is 1. The van der Waals surface area contributed by atoms with Gasteiger partial charge in [-0.25, -0.2) is 19.4 Å². The summed E-state index contributed by atoms with van der Waals surface area (Å²) in [6, 6.07) is 13.0. The zero-order valence-electron chi connectivity index (χ0n) is 22.5. The molecular formula is C30H30N4O6. The molecule has 3 heterocycles. The van der Waals surface area contributed by atoms with Crippen LogP contribution in [0, 0.1) is 0 Å². The van der Waals surface area contributed by atoms with E-state index in [1.807, 2.05) is 35.0 Å². The summed E-state index contributed by atoms with van der Waals surface area (Å²) < 4.78 is 17.5. The molecular weight excluding hydrogens is 512 g/mol. The number of allylic oxidation sites excluding steroid dienone is 2. The van der Waals surface area contributed by atoms with E-state index < -0.39 is 23.8 Å². The summed E-state index contributed by atoms with van der Waals surface area (Å²) >= 11 is 0. The van der Waals surface area contributed by atoms with Gasteiger partial charge in [0.25, 0.3) is 0 Å². The molecule has 0 spiro atoms. The van der Waals surface area contributed by atoms with Crippen molar-refractivity contribution in [1.82, 2.24) is 19.9 Å². The Hall–Kier alpha value is -4.99. The Labute approximate surface area is 232 Å². The highest BCUT2D eigenvalue weighted by atomic mass is 16.6. The predicted molar refractivity (Wildman–Crippen MR) is 146 cm³/mol. The van der Waals surface area contributed by atoms with Crippen LogP contribution in [-0.2, 0) is 35.1 Å². The summed E-state index contributed by atoms with van der Waals surface area (Å²) in [6.07, 6.45) is 9.93. The third kappa shape index (κ3) is 6.90. The van der Waals surface area contributed by atoms with Crippen molar-refractivity contribution < 1.29 is 28.6 Å². The minimum Gasteiger partial charge on any atom is -0.466 e. The van der Waals surface area contributed by atoms with Crippen LogP contribution in [0.25, 0.3) is 6.08 Å². The van der Waals surface area contributed by atoms with Gasteiger partial charge in [-0.1, -0.05) is 30.3 Å². The quantitative estimate of drug-likeness (QED) is 0.177. The third-order valence-corrected chi connectivity index (χ3v) is 6.25. The van der Waals surface area contributed by atoms with Gasteiger partial charge in [0, 0.05) is 42.6 Å². The highest BCUT2D eigenvalue weighted by Crippen LogP contribution is 2.38. The molecule has 1 aliphatic heterocycles. The van der Waals surface area contributed by atoms with E-state index in [0.717, 1.165) is 11.1 Å². The number of pyridine rings is 1. The van der Waals surface area contributed by atoms with E-state index in [0.29, 0.717) is 23.6 Å². The van der Waals surface area contributed by atoms with Crippen molar-refractivity contribution in [2.24, 2.45) is 0 Å². The van der Waals surface area contributed by atoms with Crippen LogP contribution < -0.4 is 5.32 Å². The van der Waals surface area contributed by atoms with Crippen LogP contribution in [0.4, 0.5) is 0 Å². The number of hydrogen-bond acceptors (Lipinski definition) is 9. The van der Waals surface area contributed by atoms with Crippen molar-refractivity contribution >= 4 is 24.0 Å². The van der Waals surface area contributed by atoms with Gasteiger partial charge in [0.2, 0.25) is 0 Å². The maximum atomic E-state index is 13.2. The van der Waals surface area contributed by atoms with Crippen LogP contribution in [0.3, 0.4) is 0 Å². The average molecular weight is 543 g/mol. The third-order valence-electron chi connectivity index (χ3n) is 6.25. The number of carbonyl (C=O) groups is 3. The molecule has 1 aliphatic rings. The Morgan fingerprint density at radius 3 is 2.33 bits per heavy atom. The SMILES string of the molecule is COC(=O)C1=C(C)NC(C)=C(C(=O)OCCOC(=O)/C=C/c2ccc(Cn3ccnc3)cc2)C1c1ccccn1. The van der Waals surface area contributed by atoms with Crippen LogP contribution in [0.1, 0.15) is 36.6 Å². The van der Waals surface area contributed by atoms with Crippen molar-refractivity contribution in [1.29, 1.82) is 0 Å². The lowest BCUT2D eigenvalue weighted by atomic mass is 9.83. The van der Waals surface area contributed by atoms with Crippen molar-refractivity contribution in [2.45, 2.75) is 26.3 Å². The Kier molecular flexibility index (Phi) is 9.24. The van der Waals surface area contributed by atoms with Crippen molar-refractivity contribution in [2.75, 3.05) is 20.3 Å². The number of benzene rings is 1. The summed E-state index contributed by atoms with van der Waals surface area (Å²) in [5.74, 6) is -2.57. The maximum Gasteiger partial charge on any atom is 0.336 e. The molecule has 10 nitrogen and oxygen atoms in total. The van der Waals surface area contributed by atoms with E-state index in [4.69, 9.17) is 14.2 Å². The molecule has 0 fully saturated rings. The van der Waals surface area contributed by atoms with Crippen molar-refractivity contribution in [3.8, 4) is 0 Å². The largest absolute Gasteiger partial charge is 0.466 e. The van der Waals surface area contributed by atoms with E-state index in [1.54, 1.807) is 56.8 Å². The lowest BCUT2D eigenvalue weighted by Gasteiger charge is -2.29. The van der Waals surface area contributed by atoms with Gasteiger partial charge in [-0.3, -0.25) is 4.98 Å². The lowest BCUT2D eigenvalue weighted by molar-refractivity contribution is -0.147. The zero-order valence-corrected chi connectivity index (χ0v) is 22.5. The molecule has 3 aromatic rings. The Balaban J connectivity index is 1.32. The fourth-order valence-corrected chi connectivity index (χ4v) is 4.38. The van der Waals surface area contributed by atoms with Crippen LogP contribution in [0.2, 0.25) is 0 Å². The highest BCUT2D eigenvalue weighted by molar-refractivity contribution is 5.99. The Morgan fingerprint density at radius 1 is 0.950 bits per heavy atom. The number of imidazole rings is 1. The topological polar surface area (TPSA) is 122 Å². The molecule has 0 amide bonds. The molecule has 1 aromatic carbocycles. The number of esters is 3. The number of hydrogen-bond donors (Lipinski definition) is 1. The Morgan fingerprint density at radius 2 is 1.68 bits per heavy atom. The van der Waals surface area contributed by atoms with E-state index in [1.165, 1.54) is 13.2 Å². The van der Waals surface area contributed by atoms with Crippen LogP contribution in [0.5, 0.6) is 0 Å². The van der Waals surface area contributed by atoms with Crippen LogP contribution in [0.15, 0.2) is 96.0 Å². The van der Waals surface area contributed by atoms with E-state index in [9.17, 15) is 14.4 Å². The number of carbonyl (C=O) groups excluding carboxylic acids is 3. The molecule has 2 aromatic heterocycles. The van der Waals surface area contributed by atoms with Gasteiger partial charge in [-0.15, -0.1) is 0 Å². The molecule has 0 saturated carbocycles. The van der Waals surface area contributed by atoms with Gasteiger partial charge < -0.3 is 24.1 Å². The smallest absolute Gasteiger partial charge is 0.336 e. The molecule has 10 heteroatoms.